The van der Waals surface area contributed by atoms with Gasteiger partial charge < -0.3 is 9.47 Å². The Bertz CT molecular complexity index is 864. The van der Waals surface area contributed by atoms with E-state index in [9.17, 15) is 18.0 Å². The molecule has 0 aliphatic rings. The number of ether oxygens (including phenoxy) is 2. The zero-order valence-corrected chi connectivity index (χ0v) is 14.4. The van der Waals surface area contributed by atoms with E-state index in [2.05, 4.69) is 14.2 Å². The Balaban J connectivity index is 2.46. The molecule has 1 N–H and O–H groups in total. The summed E-state index contributed by atoms with van der Waals surface area (Å²) >= 11 is 0. The summed E-state index contributed by atoms with van der Waals surface area (Å²) in [6, 6.07) is 12.6. The molecular weight excluding hydrogens is 346 g/mol. The number of esters is 2. The normalized spacial score (nSPS) is 12.2. The predicted octanol–water partition coefficient (Wildman–Crippen LogP) is 1.67. The molecule has 0 aliphatic heterocycles. The van der Waals surface area contributed by atoms with Gasteiger partial charge in [0, 0.05) is 0 Å². The highest BCUT2D eigenvalue weighted by atomic mass is 32.2. The van der Waals surface area contributed by atoms with E-state index in [0.717, 1.165) is 14.2 Å². The molecule has 2 aromatic rings. The minimum absolute atomic E-state index is 0.130. The first-order valence-electron chi connectivity index (χ1n) is 7.23. The van der Waals surface area contributed by atoms with Crippen LogP contribution in [0, 0.1) is 0 Å². The van der Waals surface area contributed by atoms with Gasteiger partial charge in [-0.25, -0.2) is 18.0 Å². The maximum Gasteiger partial charge on any atom is 0.339 e. The SMILES string of the molecule is COC(=O)c1ccccc1S(=O)(=O)NC(C(=O)OC)c1ccccc1. The molecule has 1 atom stereocenters. The number of hydrogen-bond acceptors (Lipinski definition) is 6. The van der Waals surface area contributed by atoms with Gasteiger partial charge in [-0.1, -0.05) is 42.5 Å². The third-order valence-corrected chi connectivity index (χ3v) is 4.91. The predicted molar refractivity (Wildman–Crippen MR) is 89.3 cm³/mol. The van der Waals surface area contributed by atoms with E-state index < -0.39 is 28.0 Å². The highest BCUT2D eigenvalue weighted by Crippen LogP contribution is 2.21. The summed E-state index contributed by atoms with van der Waals surface area (Å²) in [7, 11) is -1.89. The molecular formula is C17H17NO6S. The van der Waals surface area contributed by atoms with Crippen molar-refractivity contribution in [2.24, 2.45) is 0 Å². The van der Waals surface area contributed by atoms with Gasteiger partial charge in [-0.3, -0.25) is 0 Å². The summed E-state index contributed by atoms with van der Waals surface area (Å²) in [6.45, 7) is 0. The van der Waals surface area contributed by atoms with Gasteiger partial charge >= 0.3 is 11.9 Å². The number of methoxy groups -OCH3 is 2. The molecule has 0 saturated carbocycles. The van der Waals surface area contributed by atoms with E-state index in [-0.39, 0.29) is 10.5 Å². The van der Waals surface area contributed by atoms with Crippen LogP contribution in [-0.4, -0.2) is 34.6 Å². The molecule has 0 radical (unpaired) electrons. The monoisotopic (exact) mass is 363 g/mol. The molecule has 0 saturated heterocycles. The minimum Gasteiger partial charge on any atom is -0.468 e. The second-order valence-corrected chi connectivity index (χ2v) is 6.66. The van der Waals surface area contributed by atoms with Gasteiger partial charge in [0.1, 0.15) is 6.04 Å². The highest BCUT2D eigenvalue weighted by Gasteiger charge is 2.30. The summed E-state index contributed by atoms with van der Waals surface area (Å²) in [5.41, 5.74) is 0.280. The first-order valence-corrected chi connectivity index (χ1v) is 8.71. The zero-order chi connectivity index (χ0) is 18.4. The molecule has 7 nitrogen and oxygen atoms in total. The second kappa shape index (κ2) is 7.91. The summed E-state index contributed by atoms with van der Waals surface area (Å²) in [5.74, 6) is -1.57. The molecule has 0 fully saturated rings. The van der Waals surface area contributed by atoms with Crippen molar-refractivity contribution in [1.29, 1.82) is 0 Å². The molecule has 0 amide bonds. The summed E-state index contributed by atoms with van der Waals surface area (Å²) in [4.78, 5) is 23.6. The molecule has 2 aromatic carbocycles. The average Bonchev–Trinajstić information content (AvgIpc) is 2.65. The lowest BCUT2D eigenvalue weighted by molar-refractivity contribution is -0.142. The van der Waals surface area contributed by atoms with Crippen molar-refractivity contribution in [1.82, 2.24) is 4.72 Å². The number of benzene rings is 2. The molecule has 0 spiro atoms. The van der Waals surface area contributed by atoms with Crippen LogP contribution in [-0.2, 0) is 24.3 Å². The largest absolute Gasteiger partial charge is 0.468 e. The van der Waals surface area contributed by atoms with Gasteiger partial charge in [-0.05, 0) is 17.7 Å². The Morgan fingerprint density at radius 3 is 2.12 bits per heavy atom. The highest BCUT2D eigenvalue weighted by molar-refractivity contribution is 7.89. The minimum atomic E-state index is -4.20. The molecule has 2 rings (SSSR count). The maximum absolute atomic E-state index is 12.8. The van der Waals surface area contributed by atoms with Crippen LogP contribution in [0.2, 0.25) is 0 Å². The first kappa shape index (κ1) is 18.6. The van der Waals surface area contributed by atoms with E-state index in [4.69, 9.17) is 0 Å². The lowest BCUT2D eigenvalue weighted by atomic mass is 10.1. The van der Waals surface area contributed by atoms with E-state index in [0.29, 0.717) is 5.56 Å². The van der Waals surface area contributed by atoms with Crippen molar-refractivity contribution in [2.45, 2.75) is 10.9 Å². The van der Waals surface area contributed by atoms with Crippen LogP contribution in [0.5, 0.6) is 0 Å². The number of sulfonamides is 1. The number of hydrogen-bond donors (Lipinski definition) is 1. The smallest absolute Gasteiger partial charge is 0.339 e. The maximum atomic E-state index is 12.8. The lowest BCUT2D eigenvalue weighted by Gasteiger charge is -2.18. The first-order chi connectivity index (χ1) is 11.9. The van der Waals surface area contributed by atoms with Gasteiger partial charge in [-0.2, -0.15) is 4.72 Å². The quantitative estimate of drug-likeness (QED) is 0.784. The molecule has 0 bridgehead atoms. The van der Waals surface area contributed by atoms with Crippen molar-refractivity contribution >= 4 is 22.0 Å². The fraction of sp³-hybridized carbons (Fsp3) is 0.176. The van der Waals surface area contributed by atoms with Crippen LogP contribution in [0.3, 0.4) is 0 Å². The Morgan fingerprint density at radius 2 is 1.52 bits per heavy atom. The standard InChI is InChI=1S/C17H17NO6S/c1-23-16(19)13-10-6-7-11-14(13)25(21,22)18-15(17(20)24-2)12-8-4-3-5-9-12/h3-11,15,18H,1-2H3. The van der Waals surface area contributed by atoms with Gasteiger partial charge in [0.15, 0.2) is 0 Å². The second-order valence-electron chi connectivity index (χ2n) is 4.98. The van der Waals surface area contributed by atoms with E-state index in [1.807, 2.05) is 0 Å². The van der Waals surface area contributed by atoms with Crippen molar-refractivity contribution < 1.29 is 27.5 Å². The number of carbonyl (C=O) groups is 2. The Morgan fingerprint density at radius 1 is 0.920 bits per heavy atom. The van der Waals surface area contributed by atoms with E-state index >= 15 is 0 Å². The van der Waals surface area contributed by atoms with E-state index in [1.54, 1.807) is 30.3 Å². The molecule has 8 heteroatoms. The zero-order valence-electron chi connectivity index (χ0n) is 13.6. The van der Waals surface area contributed by atoms with Crippen LogP contribution in [0.4, 0.5) is 0 Å². The van der Waals surface area contributed by atoms with Crippen LogP contribution in [0.1, 0.15) is 22.0 Å². The summed E-state index contributed by atoms with van der Waals surface area (Å²) in [5, 5.41) is 0. The Kier molecular flexibility index (Phi) is 5.89. The van der Waals surface area contributed by atoms with Crippen molar-refractivity contribution in [3.8, 4) is 0 Å². The Hall–Kier alpha value is -2.71. The van der Waals surface area contributed by atoms with Crippen molar-refractivity contribution in [3.63, 3.8) is 0 Å². The van der Waals surface area contributed by atoms with Gasteiger partial charge in [0.2, 0.25) is 10.0 Å². The molecule has 1 unspecified atom stereocenters. The molecule has 25 heavy (non-hydrogen) atoms. The van der Waals surface area contributed by atoms with Crippen molar-refractivity contribution in [2.75, 3.05) is 14.2 Å². The van der Waals surface area contributed by atoms with Gasteiger partial charge in [0.05, 0.1) is 24.7 Å². The summed E-state index contributed by atoms with van der Waals surface area (Å²) in [6.07, 6.45) is 0. The molecule has 132 valence electrons. The van der Waals surface area contributed by atoms with Crippen LogP contribution >= 0.6 is 0 Å². The number of rotatable bonds is 6. The van der Waals surface area contributed by atoms with Gasteiger partial charge in [-0.15, -0.1) is 0 Å². The number of carbonyl (C=O) groups excluding carboxylic acids is 2. The third kappa shape index (κ3) is 4.23. The average molecular weight is 363 g/mol. The molecule has 0 aliphatic carbocycles. The fourth-order valence-corrected chi connectivity index (χ4v) is 3.58. The van der Waals surface area contributed by atoms with Crippen LogP contribution < -0.4 is 4.72 Å². The molecule has 0 aromatic heterocycles. The summed E-state index contributed by atoms with van der Waals surface area (Å²) < 4.78 is 37.1. The topological polar surface area (TPSA) is 98.8 Å². The molecule has 0 heterocycles. The third-order valence-electron chi connectivity index (χ3n) is 3.42. The van der Waals surface area contributed by atoms with Crippen molar-refractivity contribution in [3.05, 3.63) is 65.7 Å². The van der Waals surface area contributed by atoms with Crippen LogP contribution in [0.15, 0.2) is 59.5 Å². The number of nitrogens with one attached hydrogen (secondary N) is 1. The van der Waals surface area contributed by atoms with E-state index in [1.165, 1.54) is 24.3 Å². The fourth-order valence-electron chi connectivity index (χ4n) is 2.21. The van der Waals surface area contributed by atoms with Gasteiger partial charge in [0.25, 0.3) is 0 Å². The lowest BCUT2D eigenvalue weighted by Crippen LogP contribution is -2.35. The van der Waals surface area contributed by atoms with Crippen LogP contribution in [0.25, 0.3) is 0 Å². The Labute approximate surface area is 145 Å².